The molecule has 2 aromatic rings. The van der Waals surface area contributed by atoms with Crippen molar-refractivity contribution in [3.8, 4) is 0 Å². The predicted molar refractivity (Wildman–Crippen MR) is 95.1 cm³/mol. The van der Waals surface area contributed by atoms with Gasteiger partial charge in [-0.15, -0.1) is 0 Å². The van der Waals surface area contributed by atoms with Crippen molar-refractivity contribution in [2.24, 2.45) is 0 Å². The van der Waals surface area contributed by atoms with Gasteiger partial charge in [0.15, 0.2) is 0 Å². The predicted octanol–water partition coefficient (Wildman–Crippen LogP) is 3.84. The Kier molecular flexibility index (Phi) is 7.47. The SMILES string of the molecule is CCc1coc([Si](C)(C)C)c1.CNCCc1ccccc1. The van der Waals surface area contributed by atoms with E-state index in [-0.39, 0.29) is 0 Å². The molecule has 1 aromatic carbocycles. The Hall–Kier alpha value is -1.32. The first-order valence-corrected chi connectivity index (χ1v) is 11.2. The van der Waals surface area contributed by atoms with Crippen LogP contribution in [0.1, 0.15) is 18.1 Å². The summed E-state index contributed by atoms with van der Waals surface area (Å²) in [6.07, 6.45) is 4.08. The van der Waals surface area contributed by atoms with Crippen LogP contribution in [0.4, 0.5) is 0 Å². The minimum atomic E-state index is -1.20. The lowest BCUT2D eigenvalue weighted by Gasteiger charge is -2.10. The molecular formula is C18H29NOSi. The lowest BCUT2D eigenvalue weighted by molar-refractivity contribution is 0.593. The standard InChI is InChI=1S/C9H13N.C9H16OSi/c1-10-8-7-9-5-3-2-4-6-9;1-5-8-6-9(10-7-8)11(2,3)4/h2-6,10H,7-8H2,1H3;6-7H,5H2,1-4H3. The van der Waals surface area contributed by atoms with Crippen molar-refractivity contribution < 1.29 is 4.42 Å². The van der Waals surface area contributed by atoms with E-state index in [1.165, 1.54) is 16.5 Å². The van der Waals surface area contributed by atoms with E-state index in [0.29, 0.717) is 0 Å². The van der Waals surface area contributed by atoms with Crippen molar-refractivity contribution >= 4 is 13.5 Å². The highest BCUT2D eigenvalue weighted by Crippen LogP contribution is 2.06. The number of hydrogen-bond acceptors (Lipinski definition) is 2. The molecule has 0 aliphatic heterocycles. The highest BCUT2D eigenvalue weighted by atomic mass is 28.3. The number of benzene rings is 1. The quantitative estimate of drug-likeness (QED) is 0.849. The van der Waals surface area contributed by atoms with Gasteiger partial charge in [-0.1, -0.05) is 56.9 Å². The molecule has 21 heavy (non-hydrogen) atoms. The third kappa shape index (κ3) is 6.78. The Morgan fingerprint density at radius 2 is 1.71 bits per heavy atom. The molecule has 0 radical (unpaired) electrons. The summed E-state index contributed by atoms with van der Waals surface area (Å²) in [5.74, 6) is 0. The molecule has 0 spiro atoms. The number of likely N-dealkylation sites (N-methyl/N-ethyl adjacent to an activating group) is 1. The number of aryl methyl sites for hydroxylation is 1. The Labute approximate surface area is 130 Å². The van der Waals surface area contributed by atoms with Crippen molar-refractivity contribution in [2.45, 2.75) is 39.4 Å². The smallest absolute Gasteiger partial charge is 0.123 e. The highest BCUT2D eigenvalue weighted by molar-refractivity contribution is 6.87. The summed E-state index contributed by atoms with van der Waals surface area (Å²) < 4.78 is 5.48. The zero-order valence-electron chi connectivity index (χ0n) is 14.1. The van der Waals surface area contributed by atoms with Gasteiger partial charge >= 0.3 is 0 Å². The Morgan fingerprint density at radius 3 is 2.14 bits per heavy atom. The average molecular weight is 304 g/mol. The first kappa shape index (κ1) is 17.7. The van der Waals surface area contributed by atoms with E-state index >= 15 is 0 Å². The lowest BCUT2D eigenvalue weighted by Crippen LogP contribution is -2.36. The summed E-state index contributed by atoms with van der Waals surface area (Å²) in [7, 11) is 0.780. The van der Waals surface area contributed by atoms with Gasteiger partial charge in [0.25, 0.3) is 0 Å². The molecule has 2 rings (SSSR count). The van der Waals surface area contributed by atoms with Crippen molar-refractivity contribution in [1.82, 2.24) is 5.32 Å². The number of hydrogen-bond donors (Lipinski definition) is 1. The van der Waals surface area contributed by atoms with E-state index in [1.807, 2.05) is 19.4 Å². The number of furan rings is 1. The van der Waals surface area contributed by atoms with Crippen LogP contribution in [-0.2, 0) is 12.8 Å². The van der Waals surface area contributed by atoms with Crippen LogP contribution in [0.5, 0.6) is 0 Å². The van der Waals surface area contributed by atoms with Crippen LogP contribution in [-0.4, -0.2) is 21.7 Å². The second-order valence-corrected chi connectivity index (χ2v) is 11.3. The second kappa shape index (κ2) is 8.85. The van der Waals surface area contributed by atoms with Crippen molar-refractivity contribution in [2.75, 3.05) is 13.6 Å². The molecule has 1 aromatic heterocycles. The third-order valence-electron chi connectivity index (χ3n) is 3.31. The minimum Gasteiger partial charge on any atom is -0.474 e. The molecule has 116 valence electrons. The molecular weight excluding hydrogens is 274 g/mol. The van der Waals surface area contributed by atoms with Crippen LogP contribution < -0.4 is 10.7 Å². The van der Waals surface area contributed by atoms with E-state index in [9.17, 15) is 0 Å². The fraction of sp³-hybridized carbons (Fsp3) is 0.444. The van der Waals surface area contributed by atoms with Crippen LogP contribution >= 0.6 is 0 Å². The molecule has 0 aliphatic carbocycles. The normalized spacial score (nSPS) is 10.9. The summed E-state index contributed by atoms with van der Waals surface area (Å²) in [6.45, 7) is 10.1. The van der Waals surface area contributed by atoms with E-state index in [0.717, 1.165) is 19.4 Å². The summed E-state index contributed by atoms with van der Waals surface area (Å²) in [4.78, 5) is 0. The largest absolute Gasteiger partial charge is 0.474 e. The van der Waals surface area contributed by atoms with Gasteiger partial charge < -0.3 is 9.73 Å². The molecule has 0 bridgehead atoms. The molecule has 0 saturated heterocycles. The maximum Gasteiger partial charge on any atom is 0.123 e. The van der Waals surface area contributed by atoms with E-state index in [4.69, 9.17) is 4.42 Å². The van der Waals surface area contributed by atoms with Gasteiger partial charge in [0.2, 0.25) is 0 Å². The second-order valence-electron chi connectivity index (χ2n) is 6.26. The molecule has 3 heteroatoms. The first-order valence-electron chi connectivity index (χ1n) is 7.73. The summed E-state index contributed by atoms with van der Waals surface area (Å²) >= 11 is 0. The molecule has 0 aliphatic rings. The number of nitrogens with one attached hydrogen (secondary N) is 1. The molecule has 0 atom stereocenters. The van der Waals surface area contributed by atoms with Crippen LogP contribution in [0.25, 0.3) is 0 Å². The third-order valence-corrected chi connectivity index (χ3v) is 5.05. The zero-order chi connectivity index (χ0) is 15.7. The van der Waals surface area contributed by atoms with Gasteiger partial charge in [-0.25, -0.2) is 0 Å². The first-order chi connectivity index (χ1) is 9.97. The Bertz CT molecular complexity index is 499. The van der Waals surface area contributed by atoms with Crippen LogP contribution in [0, 0.1) is 0 Å². The highest BCUT2D eigenvalue weighted by Gasteiger charge is 2.20. The van der Waals surface area contributed by atoms with Gasteiger partial charge in [0.05, 0.1) is 11.6 Å². The zero-order valence-corrected chi connectivity index (χ0v) is 15.1. The van der Waals surface area contributed by atoms with Crippen LogP contribution in [0.15, 0.2) is 47.1 Å². The summed E-state index contributed by atoms with van der Waals surface area (Å²) in [5.41, 5.74) is 2.72. The van der Waals surface area contributed by atoms with Gasteiger partial charge in [-0.3, -0.25) is 0 Å². The average Bonchev–Trinajstić information content (AvgIpc) is 2.96. The van der Waals surface area contributed by atoms with E-state index < -0.39 is 8.07 Å². The van der Waals surface area contributed by atoms with Crippen LogP contribution in [0.3, 0.4) is 0 Å². The van der Waals surface area contributed by atoms with Gasteiger partial charge in [-0.2, -0.15) is 0 Å². The molecule has 2 nitrogen and oxygen atoms in total. The molecule has 0 fully saturated rings. The Morgan fingerprint density at radius 1 is 1.05 bits per heavy atom. The fourth-order valence-electron chi connectivity index (χ4n) is 1.87. The minimum absolute atomic E-state index is 1.06. The maximum absolute atomic E-state index is 5.48. The summed E-state index contributed by atoms with van der Waals surface area (Å²) in [6, 6.07) is 12.7. The van der Waals surface area contributed by atoms with Crippen molar-refractivity contribution in [3.05, 3.63) is 53.8 Å². The lowest BCUT2D eigenvalue weighted by atomic mass is 10.2. The maximum atomic E-state index is 5.48. The molecule has 0 amide bonds. The van der Waals surface area contributed by atoms with Gasteiger partial charge in [0.1, 0.15) is 8.07 Å². The Balaban J connectivity index is 0.000000211. The van der Waals surface area contributed by atoms with Crippen LogP contribution in [0.2, 0.25) is 19.6 Å². The number of rotatable bonds is 5. The fourth-order valence-corrected chi connectivity index (χ4v) is 2.90. The molecule has 1 N–H and O–H groups in total. The van der Waals surface area contributed by atoms with Gasteiger partial charge in [0, 0.05) is 0 Å². The summed E-state index contributed by atoms with van der Waals surface area (Å²) in [5, 5.41) is 4.33. The molecule has 0 saturated carbocycles. The molecule has 1 heterocycles. The van der Waals surface area contributed by atoms with E-state index in [1.54, 1.807) is 0 Å². The monoisotopic (exact) mass is 303 g/mol. The van der Waals surface area contributed by atoms with Crippen molar-refractivity contribution in [1.29, 1.82) is 0 Å². The van der Waals surface area contributed by atoms with Crippen molar-refractivity contribution in [3.63, 3.8) is 0 Å². The molecule has 0 unspecified atom stereocenters. The van der Waals surface area contributed by atoms with E-state index in [2.05, 4.69) is 62.2 Å². The topological polar surface area (TPSA) is 25.2 Å². The van der Waals surface area contributed by atoms with Gasteiger partial charge in [-0.05, 0) is 43.6 Å².